The predicted molar refractivity (Wildman–Crippen MR) is 116 cm³/mol. The zero-order valence-electron chi connectivity index (χ0n) is 17.5. The molecule has 29 heavy (non-hydrogen) atoms. The number of rotatable bonds is 9. The van der Waals surface area contributed by atoms with Gasteiger partial charge in [0.15, 0.2) is 0 Å². The monoisotopic (exact) mass is 452 g/mol. The van der Waals surface area contributed by atoms with E-state index in [1.807, 2.05) is 11.8 Å². The van der Waals surface area contributed by atoms with Crippen LogP contribution in [0.2, 0.25) is 0 Å². The van der Waals surface area contributed by atoms with Gasteiger partial charge in [-0.2, -0.15) is 11.8 Å². The summed E-state index contributed by atoms with van der Waals surface area (Å²) in [4.78, 5) is 12.8. The van der Waals surface area contributed by atoms with Crippen molar-refractivity contribution in [2.45, 2.75) is 86.9 Å². The number of nitrogens with one attached hydrogen (secondary N) is 2. The van der Waals surface area contributed by atoms with Crippen molar-refractivity contribution in [1.29, 1.82) is 0 Å². The lowest BCUT2D eigenvalue weighted by Gasteiger charge is -2.44. The zero-order valence-corrected chi connectivity index (χ0v) is 19.2. The van der Waals surface area contributed by atoms with Gasteiger partial charge in [0.2, 0.25) is 5.91 Å². The first kappa shape index (κ1) is 25.2. The molecule has 2 aliphatic rings. The Balaban J connectivity index is 1.95. The van der Waals surface area contributed by atoms with Crippen LogP contribution in [0, 0.1) is 5.92 Å². The summed E-state index contributed by atoms with van der Waals surface area (Å²) in [6.45, 7) is 6.64. The highest BCUT2D eigenvalue weighted by Crippen LogP contribution is 2.30. The topological polar surface area (TPSA) is 131 Å². The maximum atomic E-state index is 12.8. The average Bonchev–Trinajstić information content (AvgIpc) is 3.13. The fraction of sp³-hybridized carbons (Fsp3) is 0.947. The highest BCUT2D eigenvalue weighted by molar-refractivity contribution is 8.00. The van der Waals surface area contributed by atoms with Crippen molar-refractivity contribution in [1.82, 2.24) is 10.6 Å². The molecule has 8 nitrogen and oxygen atoms in total. The van der Waals surface area contributed by atoms with E-state index in [4.69, 9.17) is 4.74 Å². The van der Waals surface area contributed by atoms with E-state index in [1.165, 1.54) is 18.7 Å². The lowest BCUT2D eigenvalue weighted by molar-refractivity contribution is -0.211. The van der Waals surface area contributed by atoms with Crippen LogP contribution in [0.1, 0.15) is 33.6 Å². The molecular weight excluding hydrogens is 416 g/mol. The summed E-state index contributed by atoms with van der Waals surface area (Å²) in [6.07, 6.45) is -2.59. The molecule has 2 rings (SSSR count). The summed E-state index contributed by atoms with van der Waals surface area (Å²) < 4.78 is 5.72. The van der Waals surface area contributed by atoms with E-state index >= 15 is 0 Å². The molecule has 0 aromatic heterocycles. The van der Waals surface area contributed by atoms with Crippen molar-refractivity contribution in [3.8, 4) is 0 Å². The lowest BCUT2D eigenvalue weighted by Crippen LogP contribution is -2.65. The van der Waals surface area contributed by atoms with Crippen LogP contribution in [-0.2, 0) is 9.53 Å². The number of thioether (sulfide) groups is 2. The van der Waals surface area contributed by atoms with E-state index in [1.54, 1.807) is 6.26 Å². The molecule has 2 heterocycles. The Kier molecular flexibility index (Phi) is 10.0. The van der Waals surface area contributed by atoms with Crippen LogP contribution in [0.5, 0.6) is 0 Å². The maximum absolute atomic E-state index is 12.8. The van der Waals surface area contributed by atoms with Crippen molar-refractivity contribution in [3.63, 3.8) is 0 Å². The number of aliphatic hydroxyl groups excluding tert-OH is 4. The summed E-state index contributed by atoms with van der Waals surface area (Å²) in [5.74, 6) is 1.45. The minimum atomic E-state index is -1.43. The van der Waals surface area contributed by atoms with Crippen molar-refractivity contribution in [3.05, 3.63) is 0 Å². The number of hydrogen-bond acceptors (Lipinski definition) is 9. The Hall–Kier alpha value is -0.0700. The number of carbonyl (C=O) groups excluding carboxylic acids is 1. The Morgan fingerprint density at radius 2 is 1.90 bits per heavy atom. The molecule has 0 bridgehead atoms. The Labute approximate surface area is 181 Å². The normalized spacial score (nSPS) is 37.5. The molecule has 6 N–H and O–H groups in total. The van der Waals surface area contributed by atoms with Gasteiger partial charge >= 0.3 is 0 Å². The maximum Gasteiger partial charge on any atom is 0.237 e. The third kappa shape index (κ3) is 6.70. The molecule has 2 aliphatic heterocycles. The van der Waals surface area contributed by atoms with Crippen LogP contribution >= 0.6 is 23.5 Å². The third-order valence-electron chi connectivity index (χ3n) is 5.48. The zero-order chi connectivity index (χ0) is 21.7. The molecule has 2 fully saturated rings. The first-order chi connectivity index (χ1) is 13.6. The van der Waals surface area contributed by atoms with Gasteiger partial charge in [-0.25, -0.2) is 0 Å². The van der Waals surface area contributed by atoms with Gasteiger partial charge in [0, 0.05) is 11.8 Å². The van der Waals surface area contributed by atoms with Gasteiger partial charge in [-0.3, -0.25) is 4.79 Å². The minimum absolute atomic E-state index is 0.264. The Bertz CT molecular complexity index is 525. The van der Waals surface area contributed by atoms with E-state index in [-0.39, 0.29) is 11.9 Å². The number of hydrogen-bond donors (Lipinski definition) is 6. The first-order valence-electron chi connectivity index (χ1n) is 10.2. The van der Waals surface area contributed by atoms with Crippen LogP contribution < -0.4 is 10.6 Å². The molecule has 170 valence electrons. The summed E-state index contributed by atoms with van der Waals surface area (Å²) in [5.41, 5.74) is -0.761. The fourth-order valence-corrected chi connectivity index (χ4v) is 5.77. The van der Waals surface area contributed by atoms with E-state index in [0.717, 1.165) is 18.7 Å². The van der Waals surface area contributed by atoms with Gasteiger partial charge in [0.25, 0.3) is 0 Å². The van der Waals surface area contributed by atoms with Gasteiger partial charge < -0.3 is 35.8 Å². The van der Waals surface area contributed by atoms with Crippen LogP contribution in [0.15, 0.2) is 0 Å². The molecule has 0 aromatic carbocycles. The van der Waals surface area contributed by atoms with E-state index < -0.39 is 42.0 Å². The van der Waals surface area contributed by atoms with Gasteiger partial charge in [-0.05, 0) is 37.7 Å². The minimum Gasteiger partial charge on any atom is -0.391 e. The third-order valence-corrected chi connectivity index (χ3v) is 7.63. The highest BCUT2D eigenvalue weighted by Gasteiger charge is 2.48. The van der Waals surface area contributed by atoms with Gasteiger partial charge in [0.05, 0.1) is 18.2 Å². The van der Waals surface area contributed by atoms with Gasteiger partial charge in [0.1, 0.15) is 29.9 Å². The van der Waals surface area contributed by atoms with Crippen LogP contribution in [0.25, 0.3) is 0 Å². The van der Waals surface area contributed by atoms with E-state index in [0.29, 0.717) is 17.6 Å². The highest BCUT2D eigenvalue weighted by atomic mass is 32.2. The average molecular weight is 453 g/mol. The Morgan fingerprint density at radius 3 is 2.48 bits per heavy atom. The fourth-order valence-electron chi connectivity index (χ4n) is 3.61. The number of aliphatic hydroxyl groups is 4. The molecule has 0 saturated carbocycles. The number of carbonyl (C=O) groups is 1. The summed E-state index contributed by atoms with van der Waals surface area (Å²) in [6, 6.07) is -1.29. The van der Waals surface area contributed by atoms with Gasteiger partial charge in [-0.1, -0.05) is 13.8 Å². The quantitative estimate of drug-likeness (QED) is 0.275. The largest absolute Gasteiger partial charge is 0.391 e. The standard InChI is InChI=1S/C19H36N2O6S2/c1-9(2)5-6-29-11-7-12(20-8-11)18(26)21-13(10(3)22)17-15(24)14(23)16(25)19(27-17)28-4/h9-17,19-20,22-25H,5-8H2,1-4H3,(H,21,26)/t10-,11+,12+,13-,14+,15-,16-,17-,19-/m1/s1. The van der Waals surface area contributed by atoms with Crippen molar-refractivity contribution in [2.75, 3.05) is 18.6 Å². The molecule has 0 unspecified atom stereocenters. The summed E-state index contributed by atoms with van der Waals surface area (Å²) >= 11 is 3.06. The SMILES string of the molecule is CS[C@H]1O[C@H]([C@H](NC(=O)[C@@H]2C[C@H](SCCC(C)C)CN2)[C@@H](C)O)[C@H](O)[C@H](O)[C@H]1O. The molecule has 0 aliphatic carbocycles. The molecule has 10 heteroatoms. The second-order valence-corrected chi connectivity index (χ2v) is 10.7. The second-order valence-electron chi connectivity index (χ2n) is 8.32. The van der Waals surface area contributed by atoms with Crippen LogP contribution in [-0.4, -0.2) is 98.2 Å². The molecule has 0 radical (unpaired) electrons. The molecular formula is C19H36N2O6S2. The van der Waals surface area contributed by atoms with Gasteiger partial charge in [-0.15, -0.1) is 11.8 Å². The molecule has 2 saturated heterocycles. The summed E-state index contributed by atoms with van der Waals surface area (Å²) in [7, 11) is 0. The molecule has 0 spiro atoms. The van der Waals surface area contributed by atoms with Crippen molar-refractivity contribution in [2.24, 2.45) is 5.92 Å². The number of amides is 1. The molecule has 9 atom stereocenters. The smallest absolute Gasteiger partial charge is 0.237 e. The molecule has 0 aromatic rings. The van der Waals surface area contributed by atoms with E-state index in [9.17, 15) is 25.2 Å². The lowest BCUT2D eigenvalue weighted by atomic mass is 9.92. The number of ether oxygens (including phenoxy) is 1. The Morgan fingerprint density at radius 1 is 1.21 bits per heavy atom. The van der Waals surface area contributed by atoms with Crippen LogP contribution in [0.4, 0.5) is 0 Å². The predicted octanol–water partition coefficient (Wildman–Crippen LogP) is -0.468. The second kappa shape index (κ2) is 11.5. The summed E-state index contributed by atoms with van der Waals surface area (Å²) in [5, 5.41) is 47.1. The van der Waals surface area contributed by atoms with Crippen molar-refractivity contribution >= 4 is 29.4 Å². The molecule has 1 amide bonds. The van der Waals surface area contributed by atoms with Crippen LogP contribution in [0.3, 0.4) is 0 Å². The first-order valence-corrected chi connectivity index (χ1v) is 12.5. The van der Waals surface area contributed by atoms with Crippen molar-refractivity contribution < 1.29 is 30.0 Å². The van der Waals surface area contributed by atoms with E-state index in [2.05, 4.69) is 24.5 Å².